The Morgan fingerprint density at radius 1 is 1.50 bits per heavy atom. The Balaban J connectivity index is 4.24. The van der Waals surface area contributed by atoms with Gasteiger partial charge in [0.1, 0.15) is 5.21 Å². The van der Waals surface area contributed by atoms with Crippen LogP contribution in [-0.2, 0) is 10.0 Å². The molecule has 0 atom stereocenters. The van der Waals surface area contributed by atoms with Crippen LogP contribution in [-0.4, -0.2) is 30.9 Å². The molecular weight excluding hydrogens is 202 g/mol. The highest BCUT2D eigenvalue weighted by Crippen LogP contribution is 2.09. The molecule has 4 nitrogen and oxygen atoms in total. The average Bonchev–Trinajstić information content (AvgIpc) is 1.85. The number of hydrogen-bond acceptors (Lipinski definition) is 3. The van der Waals surface area contributed by atoms with Gasteiger partial charge in [-0.05, 0) is 20.3 Å². The number of aliphatic hydroxyl groups is 1. The molecule has 74 valence electrons. The van der Waals surface area contributed by atoms with Crippen LogP contribution in [0.3, 0.4) is 0 Å². The lowest BCUT2D eigenvalue weighted by Gasteiger charge is -2.24. The second kappa shape index (κ2) is 4.41. The molecule has 0 spiro atoms. The van der Waals surface area contributed by atoms with Gasteiger partial charge in [-0.3, -0.25) is 0 Å². The standard InChI is InChI=1S/C6H14ClNO3S/c1-6(2,3-4-9)8-12(10,11)5-7/h8-9H,3-5H2,1-2H3. The maximum absolute atomic E-state index is 11.0. The van der Waals surface area contributed by atoms with Gasteiger partial charge in [-0.25, -0.2) is 13.1 Å². The summed E-state index contributed by atoms with van der Waals surface area (Å²) in [6.07, 6.45) is 0.364. The molecule has 0 rings (SSSR count). The fourth-order valence-corrected chi connectivity index (χ4v) is 1.94. The Hall–Kier alpha value is 0.160. The van der Waals surface area contributed by atoms with Gasteiger partial charge in [0.2, 0.25) is 10.0 Å². The monoisotopic (exact) mass is 215 g/mol. The van der Waals surface area contributed by atoms with Crippen LogP contribution >= 0.6 is 11.6 Å². The number of nitrogens with one attached hydrogen (secondary N) is 1. The SMILES string of the molecule is CC(C)(CCO)NS(=O)(=O)CCl. The molecule has 0 saturated heterocycles. The van der Waals surface area contributed by atoms with Gasteiger partial charge in [-0.1, -0.05) is 0 Å². The third kappa shape index (κ3) is 4.92. The first-order chi connectivity index (χ1) is 5.33. The van der Waals surface area contributed by atoms with E-state index in [9.17, 15) is 8.42 Å². The van der Waals surface area contributed by atoms with Gasteiger partial charge in [0.25, 0.3) is 0 Å². The van der Waals surface area contributed by atoms with Crippen LogP contribution in [0.25, 0.3) is 0 Å². The van der Waals surface area contributed by atoms with Crippen molar-refractivity contribution in [3.63, 3.8) is 0 Å². The quantitative estimate of drug-likeness (QED) is 0.647. The van der Waals surface area contributed by atoms with Crippen molar-refractivity contribution in [1.29, 1.82) is 0 Å². The lowest BCUT2D eigenvalue weighted by molar-refractivity contribution is 0.246. The number of aliphatic hydroxyl groups excluding tert-OH is 1. The molecular formula is C6H14ClNO3S. The summed E-state index contributed by atoms with van der Waals surface area (Å²) in [6.45, 7) is 3.32. The maximum Gasteiger partial charge on any atom is 0.226 e. The molecule has 0 amide bonds. The molecule has 2 N–H and O–H groups in total. The summed E-state index contributed by atoms with van der Waals surface area (Å²) < 4.78 is 24.3. The molecule has 12 heavy (non-hydrogen) atoms. The predicted molar refractivity (Wildman–Crippen MR) is 48.6 cm³/mol. The second-order valence-corrected chi connectivity index (χ2v) is 5.49. The Morgan fingerprint density at radius 2 is 2.00 bits per heavy atom. The van der Waals surface area contributed by atoms with E-state index in [0.717, 1.165) is 0 Å². The zero-order valence-corrected chi connectivity index (χ0v) is 8.74. The van der Waals surface area contributed by atoms with Crippen LogP contribution in [0.5, 0.6) is 0 Å². The van der Waals surface area contributed by atoms with E-state index in [1.54, 1.807) is 13.8 Å². The minimum absolute atomic E-state index is 0.0577. The summed E-state index contributed by atoms with van der Waals surface area (Å²) in [6, 6.07) is 0. The average molecular weight is 216 g/mol. The molecule has 0 aliphatic carbocycles. The normalized spacial score (nSPS) is 13.3. The van der Waals surface area contributed by atoms with Crippen molar-refractivity contribution in [3.05, 3.63) is 0 Å². The van der Waals surface area contributed by atoms with Gasteiger partial charge < -0.3 is 5.11 Å². The van der Waals surface area contributed by atoms with Gasteiger partial charge in [-0.2, -0.15) is 0 Å². The molecule has 0 radical (unpaired) electrons. The molecule has 0 bridgehead atoms. The summed E-state index contributed by atoms with van der Waals surface area (Å²) in [5.41, 5.74) is -0.636. The molecule has 6 heteroatoms. The highest BCUT2D eigenvalue weighted by Gasteiger charge is 2.23. The maximum atomic E-state index is 11.0. The van der Waals surface area contributed by atoms with Crippen molar-refractivity contribution >= 4 is 21.6 Å². The number of rotatable bonds is 5. The van der Waals surface area contributed by atoms with E-state index >= 15 is 0 Å². The smallest absolute Gasteiger partial charge is 0.226 e. The first-order valence-corrected chi connectivity index (χ1v) is 5.70. The van der Waals surface area contributed by atoms with E-state index in [-0.39, 0.29) is 6.61 Å². The van der Waals surface area contributed by atoms with Gasteiger partial charge in [0.05, 0.1) is 0 Å². The van der Waals surface area contributed by atoms with Crippen LogP contribution in [0, 0.1) is 0 Å². The third-order valence-electron chi connectivity index (χ3n) is 1.31. The minimum Gasteiger partial charge on any atom is -0.396 e. The Bertz CT molecular complexity index is 225. The molecule has 0 aromatic carbocycles. The van der Waals surface area contributed by atoms with Crippen molar-refractivity contribution < 1.29 is 13.5 Å². The number of alkyl halides is 1. The van der Waals surface area contributed by atoms with Crippen molar-refractivity contribution in [2.24, 2.45) is 0 Å². The van der Waals surface area contributed by atoms with Crippen molar-refractivity contribution in [2.75, 3.05) is 11.8 Å². The number of hydrogen-bond donors (Lipinski definition) is 2. The van der Waals surface area contributed by atoms with Crippen molar-refractivity contribution in [3.8, 4) is 0 Å². The van der Waals surface area contributed by atoms with Crippen LogP contribution in [0.15, 0.2) is 0 Å². The third-order valence-corrected chi connectivity index (χ3v) is 3.32. The zero-order valence-electron chi connectivity index (χ0n) is 7.17. The number of sulfonamides is 1. The summed E-state index contributed by atoms with van der Waals surface area (Å²) in [4.78, 5) is 0. The van der Waals surface area contributed by atoms with Crippen LogP contribution < -0.4 is 4.72 Å². The van der Waals surface area contributed by atoms with E-state index in [1.807, 2.05) is 0 Å². The fraction of sp³-hybridized carbons (Fsp3) is 1.00. The second-order valence-electron chi connectivity index (χ2n) is 3.18. The fourth-order valence-electron chi connectivity index (χ4n) is 0.779. The van der Waals surface area contributed by atoms with Gasteiger partial charge in [0.15, 0.2) is 0 Å². The highest BCUT2D eigenvalue weighted by molar-refractivity contribution is 7.90. The van der Waals surface area contributed by atoms with Gasteiger partial charge in [0, 0.05) is 12.1 Å². The van der Waals surface area contributed by atoms with Crippen molar-refractivity contribution in [2.45, 2.75) is 25.8 Å². The minimum atomic E-state index is -3.40. The summed E-state index contributed by atoms with van der Waals surface area (Å²) in [7, 11) is -3.40. The van der Waals surface area contributed by atoms with E-state index < -0.39 is 20.8 Å². The molecule has 0 heterocycles. The van der Waals surface area contributed by atoms with Crippen molar-refractivity contribution in [1.82, 2.24) is 4.72 Å². The Morgan fingerprint density at radius 3 is 2.33 bits per heavy atom. The molecule has 0 unspecified atom stereocenters. The van der Waals surface area contributed by atoms with Crippen LogP contribution in [0.2, 0.25) is 0 Å². The molecule has 0 saturated carbocycles. The molecule has 0 aromatic heterocycles. The van der Waals surface area contributed by atoms with E-state index in [0.29, 0.717) is 6.42 Å². The first-order valence-electron chi connectivity index (χ1n) is 3.51. The molecule has 0 aromatic rings. The first kappa shape index (κ1) is 12.2. The van der Waals surface area contributed by atoms with E-state index in [1.165, 1.54) is 0 Å². The molecule has 0 aliphatic heterocycles. The summed E-state index contributed by atoms with van der Waals surface area (Å²) >= 11 is 5.19. The molecule has 0 fully saturated rings. The predicted octanol–water partition coefficient (Wildman–Crippen LogP) is 0.263. The lowest BCUT2D eigenvalue weighted by atomic mass is 10.0. The summed E-state index contributed by atoms with van der Waals surface area (Å²) in [5.74, 6) is 0. The van der Waals surface area contributed by atoms with Gasteiger partial charge >= 0.3 is 0 Å². The van der Waals surface area contributed by atoms with E-state index in [2.05, 4.69) is 4.72 Å². The number of halogens is 1. The topological polar surface area (TPSA) is 66.4 Å². The lowest BCUT2D eigenvalue weighted by Crippen LogP contribution is -2.44. The van der Waals surface area contributed by atoms with Crippen LogP contribution in [0.4, 0.5) is 0 Å². The Labute approximate surface area is 78.0 Å². The van der Waals surface area contributed by atoms with Gasteiger partial charge in [-0.15, -0.1) is 11.6 Å². The highest BCUT2D eigenvalue weighted by atomic mass is 35.5. The van der Waals surface area contributed by atoms with E-state index in [4.69, 9.17) is 16.7 Å². The Kier molecular flexibility index (Phi) is 4.47. The van der Waals surface area contributed by atoms with Crippen LogP contribution in [0.1, 0.15) is 20.3 Å². The zero-order chi connectivity index (χ0) is 9.83. The molecule has 0 aliphatic rings. The summed E-state index contributed by atoms with van der Waals surface area (Å²) in [5, 5.41) is 8.15. The largest absolute Gasteiger partial charge is 0.396 e.